The summed E-state index contributed by atoms with van der Waals surface area (Å²) in [4.78, 5) is 0. The van der Waals surface area contributed by atoms with Crippen LogP contribution in [0.1, 0.15) is 37.2 Å². The van der Waals surface area contributed by atoms with Gasteiger partial charge >= 0.3 is 0 Å². The van der Waals surface area contributed by atoms with Gasteiger partial charge in [-0.05, 0) is 31.5 Å². The highest BCUT2D eigenvalue weighted by atomic mass is 16.5. The van der Waals surface area contributed by atoms with Gasteiger partial charge in [-0.2, -0.15) is 5.10 Å². The predicted molar refractivity (Wildman–Crippen MR) is 78.2 cm³/mol. The van der Waals surface area contributed by atoms with Crippen molar-refractivity contribution in [2.24, 2.45) is 5.73 Å². The van der Waals surface area contributed by atoms with E-state index < -0.39 is 0 Å². The fourth-order valence-electron chi connectivity index (χ4n) is 2.21. The fourth-order valence-corrected chi connectivity index (χ4v) is 2.21. The van der Waals surface area contributed by atoms with Crippen molar-refractivity contribution < 1.29 is 9.47 Å². The molecule has 1 unspecified atom stereocenters. The van der Waals surface area contributed by atoms with Crippen LogP contribution in [0.3, 0.4) is 0 Å². The van der Waals surface area contributed by atoms with Crippen LogP contribution in [0.2, 0.25) is 0 Å². The van der Waals surface area contributed by atoms with Crippen molar-refractivity contribution in [3.05, 3.63) is 41.7 Å². The highest BCUT2D eigenvalue weighted by Crippen LogP contribution is 2.31. The van der Waals surface area contributed by atoms with E-state index in [2.05, 4.69) is 18.9 Å². The lowest BCUT2D eigenvalue weighted by Gasteiger charge is -2.18. The maximum atomic E-state index is 6.40. The van der Waals surface area contributed by atoms with Gasteiger partial charge in [-0.1, -0.05) is 12.1 Å². The average molecular weight is 275 g/mol. The van der Waals surface area contributed by atoms with Crippen molar-refractivity contribution in [3.8, 4) is 11.5 Å². The second-order valence-electron chi connectivity index (χ2n) is 4.89. The molecule has 0 spiro atoms. The Morgan fingerprint density at radius 1 is 1.20 bits per heavy atom. The van der Waals surface area contributed by atoms with Crippen LogP contribution in [-0.2, 0) is 0 Å². The number of nitrogens with zero attached hydrogens (tertiary/aromatic N) is 2. The van der Waals surface area contributed by atoms with Crippen molar-refractivity contribution in [2.75, 3.05) is 14.2 Å². The van der Waals surface area contributed by atoms with Gasteiger partial charge in [0.15, 0.2) is 5.75 Å². The van der Waals surface area contributed by atoms with Crippen molar-refractivity contribution in [3.63, 3.8) is 0 Å². The molecule has 1 aromatic carbocycles. The van der Waals surface area contributed by atoms with E-state index in [4.69, 9.17) is 15.2 Å². The first kappa shape index (κ1) is 14.4. The summed E-state index contributed by atoms with van der Waals surface area (Å²) in [6.07, 6.45) is 1.70. The third kappa shape index (κ3) is 2.63. The summed E-state index contributed by atoms with van der Waals surface area (Å²) >= 11 is 0. The average Bonchev–Trinajstić information content (AvgIpc) is 2.90. The van der Waals surface area contributed by atoms with E-state index in [9.17, 15) is 0 Å². The first-order valence-corrected chi connectivity index (χ1v) is 6.59. The molecule has 1 aromatic heterocycles. The normalized spacial score (nSPS) is 12.5. The lowest BCUT2D eigenvalue weighted by Crippen LogP contribution is -2.19. The smallest absolute Gasteiger partial charge is 0.161 e. The minimum Gasteiger partial charge on any atom is -0.497 e. The summed E-state index contributed by atoms with van der Waals surface area (Å²) in [6, 6.07) is 7.63. The molecule has 1 atom stereocenters. The Bertz CT molecular complexity index is 578. The van der Waals surface area contributed by atoms with Crippen molar-refractivity contribution in [2.45, 2.75) is 25.9 Å². The van der Waals surface area contributed by atoms with Gasteiger partial charge in [0.2, 0.25) is 0 Å². The van der Waals surface area contributed by atoms with Gasteiger partial charge in [0.1, 0.15) is 11.4 Å². The van der Waals surface area contributed by atoms with E-state index in [0.29, 0.717) is 5.75 Å². The first-order chi connectivity index (χ1) is 9.58. The van der Waals surface area contributed by atoms with Crippen LogP contribution in [0.25, 0.3) is 0 Å². The lowest BCUT2D eigenvalue weighted by atomic mass is 10.0. The second-order valence-corrected chi connectivity index (χ2v) is 4.89. The minimum atomic E-state index is -0.315. The summed E-state index contributed by atoms with van der Waals surface area (Å²) in [5.74, 6) is 1.49. The van der Waals surface area contributed by atoms with Gasteiger partial charge < -0.3 is 15.2 Å². The number of nitrogens with two attached hydrogens (primary N) is 1. The van der Waals surface area contributed by atoms with Crippen molar-refractivity contribution in [1.29, 1.82) is 0 Å². The van der Waals surface area contributed by atoms with E-state index in [1.165, 1.54) is 0 Å². The van der Waals surface area contributed by atoms with E-state index in [1.807, 2.05) is 28.9 Å². The number of ether oxygens (including phenoxy) is 2. The fraction of sp³-hybridized carbons (Fsp3) is 0.400. The van der Waals surface area contributed by atoms with Gasteiger partial charge in [-0.25, -0.2) is 0 Å². The third-order valence-electron chi connectivity index (χ3n) is 3.26. The van der Waals surface area contributed by atoms with Gasteiger partial charge in [-0.3, -0.25) is 4.68 Å². The molecule has 0 saturated heterocycles. The first-order valence-electron chi connectivity index (χ1n) is 6.59. The van der Waals surface area contributed by atoms with Crippen LogP contribution < -0.4 is 15.2 Å². The van der Waals surface area contributed by atoms with Crippen LogP contribution in [0.4, 0.5) is 0 Å². The molecule has 2 aromatic rings. The molecule has 1 heterocycles. The topological polar surface area (TPSA) is 62.3 Å². The number of benzene rings is 1. The highest BCUT2D eigenvalue weighted by molar-refractivity contribution is 5.39. The van der Waals surface area contributed by atoms with Crippen LogP contribution in [-0.4, -0.2) is 24.0 Å². The molecule has 2 rings (SSSR count). The molecule has 2 N–H and O–H groups in total. The van der Waals surface area contributed by atoms with Gasteiger partial charge in [0, 0.05) is 6.04 Å². The summed E-state index contributed by atoms with van der Waals surface area (Å²) in [5.41, 5.74) is 8.24. The predicted octanol–water partition coefficient (Wildman–Crippen LogP) is 2.53. The molecular formula is C15H21N3O2. The molecule has 0 aliphatic carbocycles. The number of methoxy groups -OCH3 is 2. The number of aromatic nitrogens is 2. The van der Waals surface area contributed by atoms with E-state index >= 15 is 0 Å². The molecule has 0 amide bonds. The zero-order chi connectivity index (χ0) is 14.7. The SMILES string of the molecule is COc1cccc(C(N)c2c(OC)cnn2C(C)C)c1. The Labute approximate surface area is 119 Å². The number of rotatable bonds is 5. The van der Waals surface area contributed by atoms with Crippen LogP contribution >= 0.6 is 0 Å². The molecular weight excluding hydrogens is 254 g/mol. The summed E-state index contributed by atoms with van der Waals surface area (Å²) < 4.78 is 12.5. The molecule has 0 saturated carbocycles. The minimum absolute atomic E-state index is 0.213. The Kier molecular flexibility index (Phi) is 4.29. The highest BCUT2D eigenvalue weighted by Gasteiger charge is 2.22. The van der Waals surface area contributed by atoms with Crippen molar-refractivity contribution >= 4 is 0 Å². The largest absolute Gasteiger partial charge is 0.497 e. The monoisotopic (exact) mass is 275 g/mol. The summed E-state index contributed by atoms with van der Waals surface area (Å²) in [6.45, 7) is 4.13. The van der Waals surface area contributed by atoms with E-state index in [-0.39, 0.29) is 12.1 Å². The second kappa shape index (κ2) is 5.96. The molecule has 0 bridgehead atoms. The Morgan fingerprint density at radius 2 is 1.95 bits per heavy atom. The van der Waals surface area contributed by atoms with Gasteiger partial charge in [0.25, 0.3) is 0 Å². The summed E-state index contributed by atoms with van der Waals surface area (Å²) in [7, 11) is 3.27. The zero-order valence-corrected chi connectivity index (χ0v) is 12.3. The summed E-state index contributed by atoms with van der Waals surface area (Å²) in [5, 5.41) is 4.36. The van der Waals surface area contributed by atoms with Crippen LogP contribution in [0.5, 0.6) is 11.5 Å². The Morgan fingerprint density at radius 3 is 2.55 bits per heavy atom. The zero-order valence-electron chi connectivity index (χ0n) is 12.3. The standard InChI is InChI=1S/C15H21N3O2/c1-10(2)18-15(13(20-4)9-17-18)14(16)11-6-5-7-12(8-11)19-3/h5-10,14H,16H2,1-4H3. The molecule has 5 heteroatoms. The van der Waals surface area contributed by atoms with Crippen LogP contribution in [0, 0.1) is 0 Å². The molecule has 0 fully saturated rings. The number of hydrogen-bond donors (Lipinski definition) is 1. The van der Waals surface area contributed by atoms with Crippen molar-refractivity contribution in [1.82, 2.24) is 9.78 Å². The molecule has 0 aliphatic heterocycles. The Balaban J connectivity index is 2.46. The molecule has 20 heavy (non-hydrogen) atoms. The van der Waals surface area contributed by atoms with E-state index in [1.54, 1.807) is 20.4 Å². The molecule has 108 valence electrons. The van der Waals surface area contributed by atoms with Gasteiger partial charge in [-0.15, -0.1) is 0 Å². The van der Waals surface area contributed by atoms with E-state index in [0.717, 1.165) is 17.0 Å². The molecule has 5 nitrogen and oxygen atoms in total. The molecule has 0 radical (unpaired) electrons. The lowest BCUT2D eigenvalue weighted by molar-refractivity contribution is 0.400. The maximum absolute atomic E-state index is 6.40. The number of hydrogen-bond acceptors (Lipinski definition) is 4. The Hall–Kier alpha value is -2.01. The third-order valence-corrected chi connectivity index (χ3v) is 3.26. The maximum Gasteiger partial charge on any atom is 0.161 e. The van der Waals surface area contributed by atoms with Crippen LogP contribution in [0.15, 0.2) is 30.5 Å². The molecule has 0 aliphatic rings. The van der Waals surface area contributed by atoms with Gasteiger partial charge in [0.05, 0.1) is 26.5 Å². The quantitative estimate of drug-likeness (QED) is 0.910.